The lowest BCUT2D eigenvalue weighted by molar-refractivity contribution is -0.00461. The van der Waals surface area contributed by atoms with Crippen LogP contribution in [0.5, 0.6) is 0 Å². The van der Waals surface area contributed by atoms with E-state index >= 15 is 0 Å². The van der Waals surface area contributed by atoms with Crippen LogP contribution >= 0.6 is 0 Å². The molecule has 4 nitrogen and oxygen atoms in total. The second kappa shape index (κ2) is 6.43. The average molecular weight is 216 g/mol. The molecule has 3 unspecified atom stereocenters. The lowest BCUT2D eigenvalue weighted by Crippen LogP contribution is -2.32. The zero-order chi connectivity index (χ0) is 11.3. The van der Waals surface area contributed by atoms with Gasteiger partial charge < -0.3 is 15.2 Å². The third-order valence-corrected chi connectivity index (χ3v) is 3.32. The minimum absolute atomic E-state index is 0.213. The van der Waals surface area contributed by atoms with Gasteiger partial charge in [-0.2, -0.15) is 0 Å². The van der Waals surface area contributed by atoms with Gasteiger partial charge >= 0.3 is 0 Å². The molecule has 4 heteroatoms. The fourth-order valence-electron chi connectivity index (χ4n) is 2.16. The zero-order valence-electron chi connectivity index (χ0n) is 10.1. The highest BCUT2D eigenvalue weighted by molar-refractivity contribution is 4.86. The van der Waals surface area contributed by atoms with Gasteiger partial charge in [-0.15, -0.1) is 0 Å². The SMILES string of the molecule is CCC(CN)CN1CC(OC)C(OC)C1. The fourth-order valence-corrected chi connectivity index (χ4v) is 2.16. The summed E-state index contributed by atoms with van der Waals surface area (Å²) in [5, 5.41) is 0. The Balaban J connectivity index is 2.39. The summed E-state index contributed by atoms with van der Waals surface area (Å²) in [6, 6.07) is 0. The molecular weight excluding hydrogens is 192 g/mol. The maximum atomic E-state index is 5.71. The number of hydrogen-bond donors (Lipinski definition) is 1. The van der Waals surface area contributed by atoms with Gasteiger partial charge in [-0.3, -0.25) is 4.90 Å². The number of likely N-dealkylation sites (tertiary alicyclic amines) is 1. The lowest BCUT2D eigenvalue weighted by atomic mass is 10.1. The maximum absolute atomic E-state index is 5.71. The van der Waals surface area contributed by atoms with Gasteiger partial charge in [0, 0.05) is 33.9 Å². The number of rotatable bonds is 6. The highest BCUT2D eigenvalue weighted by Gasteiger charge is 2.33. The van der Waals surface area contributed by atoms with Crippen molar-refractivity contribution in [2.45, 2.75) is 25.6 Å². The first-order valence-corrected chi connectivity index (χ1v) is 5.73. The van der Waals surface area contributed by atoms with Crippen molar-refractivity contribution in [1.82, 2.24) is 4.90 Å². The number of ether oxygens (including phenoxy) is 2. The van der Waals surface area contributed by atoms with Crippen molar-refractivity contribution in [1.29, 1.82) is 0 Å². The molecule has 0 aromatic rings. The second-order valence-corrected chi connectivity index (χ2v) is 4.28. The van der Waals surface area contributed by atoms with Crippen LogP contribution in [0.15, 0.2) is 0 Å². The summed E-state index contributed by atoms with van der Waals surface area (Å²) in [4.78, 5) is 2.39. The minimum Gasteiger partial charge on any atom is -0.377 e. The first-order chi connectivity index (χ1) is 7.24. The standard InChI is InChI=1S/C11H24N2O2/c1-4-9(5-12)6-13-7-10(14-2)11(8-13)15-3/h9-11H,4-8,12H2,1-3H3. The van der Waals surface area contributed by atoms with E-state index in [1.54, 1.807) is 14.2 Å². The smallest absolute Gasteiger partial charge is 0.0971 e. The Hall–Kier alpha value is -0.160. The number of nitrogens with two attached hydrogens (primary N) is 1. The van der Waals surface area contributed by atoms with Gasteiger partial charge in [0.05, 0.1) is 12.2 Å². The van der Waals surface area contributed by atoms with Gasteiger partial charge in [0.15, 0.2) is 0 Å². The van der Waals surface area contributed by atoms with E-state index < -0.39 is 0 Å². The van der Waals surface area contributed by atoms with Crippen LogP contribution in [-0.4, -0.2) is 57.5 Å². The third kappa shape index (κ3) is 3.41. The molecule has 2 N–H and O–H groups in total. The van der Waals surface area contributed by atoms with Crippen LogP contribution in [0.25, 0.3) is 0 Å². The molecule has 90 valence electrons. The zero-order valence-corrected chi connectivity index (χ0v) is 10.1. The summed E-state index contributed by atoms with van der Waals surface area (Å²) in [6.07, 6.45) is 1.57. The van der Waals surface area contributed by atoms with Crippen LogP contribution in [0.2, 0.25) is 0 Å². The monoisotopic (exact) mass is 216 g/mol. The van der Waals surface area contributed by atoms with E-state index in [1.165, 1.54) is 0 Å². The van der Waals surface area contributed by atoms with Crippen molar-refractivity contribution in [3.05, 3.63) is 0 Å². The molecule has 1 saturated heterocycles. The molecule has 0 radical (unpaired) electrons. The molecule has 1 aliphatic rings. The summed E-state index contributed by atoms with van der Waals surface area (Å²) >= 11 is 0. The molecule has 0 bridgehead atoms. The number of nitrogens with zero attached hydrogens (tertiary/aromatic N) is 1. The summed E-state index contributed by atoms with van der Waals surface area (Å²) in [7, 11) is 3.50. The van der Waals surface area contributed by atoms with Gasteiger partial charge in [0.25, 0.3) is 0 Å². The second-order valence-electron chi connectivity index (χ2n) is 4.28. The molecule has 0 spiro atoms. The minimum atomic E-state index is 0.213. The first kappa shape index (κ1) is 12.9. The Morgan fingerprint density at radius 1 is 1.27 bits per heavy atom. The van der Waals surface area contributed by atoms with Gasteiger partial charge in [0.1, 0.15) is 0 Å². The predicted molar refractivity (Wildman–Crippen MR) is 60.9 cm³/mol. The van der Waals surface area contributed by atoms with Crippen molar-refractivity contribution >= 4 is 0 Å². The van der Waals surface area contributed by atoms with Crippen molar-refractivity contribution in [3.8, 4) is 0 Å². The molecule has 1 aliphatic heterocycles. The molecule has 15 heavy (non-hydrogen) atoms. The Morgan fingerprint density at radius 2 is 1.80 bits per heavy atom. The topological polar surface area (TPSA) is 47.7 Å². The number of methoxy groups -OCH3 is 2. The average Bonchev–Trinajstić information content (AvgIpc) is 2.68. The van der Waals surface area contributed by atoms with Gasteiger partial charge in [-0.1, -0.05) is 13.3 Å². The lowest BCUT2D eigenvalue weighted by Gasteiger charge is -2.21. The summed E-state index contributed by atoms with van der Waals surface area (Å²) in [6.45, 7) is 5.95. The first-order valence-electron chi connectivity index (χ1n) is 5.73. The molecule has 1 heterocycles. The van der Waals surface area contributed by atoms with Crippen LogP contribution in [0.1, 0.15) is 13.3 Å². The van der Waals surface area contributed by atoms with E-state index in [-0.39, 0.29) is 12.2 Å². The highest BCUT2D eigenvalue weighted by atomic mass is 16.5. The van der Waals surface area contributed by atoms with Crippen molar-refractivity contribution in [2.24, 2.45) is 11.7 Å². The van der Waals surface area contributed by atoms with E-state index in [0.29, 0.717) is 5.92 Å². The van der Waals surface area contributed by atoms with Crippen molar-refractivity contribution < 1.29 is 9.47 Å². The molecule has 0 aliphatic carbocycles. The summed E-state index contributed by atoms with van der Waals surface area (Å²) < 4.78 is 10.8. The van der Waals surface area contributed by atoms with E-state index in [0.717, 1.165) is 32.6 Å². The summed E-state index contributed by atoms with van der Waals surface area (Å²) in [5.41, 5.74) is 5.71. The molecule has 0 saturated carbocycles. The molecular formula is C11H24N2O2. The summed E-state index contributed by atoms with van der Waals surface area (Å²) in [5.74, 6) is 0.595. The van der Waals surface area contributed by atoms with Crippen molar-refractivity contribution in [3.63, 3.8) is 0 Å². The highest BCUT2D eigenvalue weighted by Crippen LogP contribution is 2.17. The molecule has 3 atom stereocenters. The Bertz CT molecular complexity index is 162. The van der Waals surface area contributed by atoms with Crippen LogP contribution in [0.4, 0.5) is 0 Å². The van der Waals surface area contributed by atoms with E-state index in [1.807, 2.05) is 0 Å². The van der Waals surface area contributed by atoms with E-state index in [4.69, 9.17) is 15.2 Å². The molecule has 1 fully saturated rings. The van der Waals surface area contributed by atoms with Crippen molar-refractivity contribution in [2.75, 3.05) is 40.4 Å². The van der Waals surface area contributed by atoms with Crippen LogP contribution < -0.4 is 5.73 Å². The van der Waals surface area contributed by atoms with Gasteiger partial charge in [-0.05, 0) is 12.5 Å². The molecule has 0 aromatic heterocycles. The van der Waals surface area contributed by atoms with Crippen LogP contribution in [-0.2, 0) is 9.47 Å². The largest absolute Gasteiger partial charge is 0.377 e. The Morgan fingerprint density at radius 3 is 2.13 bits per heavy atom. The van der Waals surface area contributed by atoms with E-state index in [2.05, 4.69) is 11.8 Å². The van der Waals surface area contributed by atoms with Crippen LogP contribution in [0, 0.1) is 5.92 Å². The molecule has 1 rings (SSSR count). The van der Waals surface area contributed by atoms with Crippen LogP contribution in [0.3, 0.4) is 0 Å². The third-order valence-electron chi connectivity index (χ3n) is 3.32. The van der Waals surface area contributed by atoms with Gasteiger partial charge in [0.2, 0.25) is 0 Å². The van der Waals surface area contributed by atoms with E-state index in [9.17, 15) is 0 Å². The Labute approximate surface area is 92.7 Å². The molecule has 0 aromatic carbocycles. The number of hydrogen-bond acceptors (Lipinski definition) is 4. The van der Waals surface area contributed by atoms with Gasteiger partial charge in [-0.25, -0.2) is 0 Å². The quantitative estimate of drug-likeness (QED) is 0.694. The molecule has 0 amide bonds. The predicted octanol–water partition coefficient (Wildman–Crippen LogP) is 0.317. The normalized spacial score (nSPS) is 29.6. The fraction of sp³-hybridized carbons (Fsp3) is 1.00. The Kier molecular flexibility index (Phi) is 5.53. The maximum Gasteiger partial charge on any atom is 0.0971 e.